The van der Waals surface area contributed by atoms with Crippen molar-refractivity contribution in [2.45, 2.75) is 18.9 Å². The van der Waals surface area contributed by atoms with Crippen LogP contribution in [0.1, 0.15) is 18.4 Å². The minimum absolute atomic E-state index is 0.0359. The van der Waals surface area contributed by atoms with Crippen molar-refractivity contribution in [1.82, 2.24) is 14.5 Å². The van der Waals surface area contributed by atoms with Crippen molar-refractivity contribution in [3.05, 3.63) is 59.6 Å². The molecule has 1 aliphatic heterocycles. The van der Waals surface area contributed by atoms with Gasteiger partial charge in [-0.25, -0.2) is 8.42 Å². The number of hydrogen-bond acceptors (Lipinski definition) is 5. The molecular formula is C17H19N3O3S. The maximum Gasteiger partial charge on any atom is 0.236 e. The van der Waals surface area contributed by atoms with Gasteiger partial charge in [0.2, 0.25) is 15.9 Å². The van der Waals surface area contributed by atoms with Crippen LogP contribution < -0.4 is 4.74 Å². The van der Waals surface area contributed by atoms with E-state index in [0.29, 0.717) is 31.8 Å². The number of nitrogens with zero attached hydrogens (tertiary/aromatic N) is 3. The second kappa shape index (κ2) is 7.55. The quantitative estimate of drug-likeness (QED) is 0.831. The van der Waals surface area contributed by atoms with Gasteiger partial charge < -0.3 is 4.74 Å². The molecule has 0 spiro atoms. The van der Waals surface area contributed by atoms with Crippen molar-refractivity contribution in [3.63, 3.8) is 0 Å². The van der Waals surface area contributed by atoms with Gasteiger partial charge >= 0.3 is 0 Å². The summed E-state index contributed by atoms with van der Waals surface area (Å²) in [7, 11) is -3.41. The van der Waals surface area contributed by atoms with Crippen LogP contribution in [0.3, 0.4) is 0 Å². The van der Waals surface area contributed by atoms with Gasteiger partial charge in [-0.3, -0.25) is 0 Å². The van der Waals surface area contributed by atoms with Crippen LogP contribution in [-0.4, -0.2) is 42.1 Å². The van der Waals surface area contributed by atoms with E-state index in [1.807, 2.05) is 30.3 Å². The summed E-state index contributed by atoms with van der Waals surface area (Å²) in [6.07, 6.45) is 4.44. The first kappa shape index (κ1) is 16.6. The van der Waals surface area contributed by atoms with Gasteiger partial charge in [0, 0.05) is 30.8 Å². The SMILES string of the molecule is O=S(=O)(/C=C/c1ccccc1)N1CCC(Oc2cccnn2)CC1. The summed E-state index contributed by atoms with van der Waals surface area (Å²) in [6.45, 7) is 0.874. The summed E-state index contributed by atoms with van der Waals surface area (Å²) in [5.74, 6) is 0.475. The summed E-state index contributed by atoms with van der Waals surface area (Å²) in [6, 6.07) is 12.9. The van der Waals surface area contributed by atoms with Crippen LogP contribution in [0, 0.1) is 0 Å². The second-order valence-electron chi connectivity index (χ2n) is 5.54. The molecule has 0 bridgehead atoms. The fourth-order valence-corrected chi connectivity index (χ4v) is 3.76. The first-order valence-electron chi connectivity index (χ1n) is 7.81. The molecule has 0 aliphatic carbocycles. The van der Waals surface area contributed by atoms with Crippen molar-refractivity contribution in [1.29, 1.82) is 0 Å². The highest BCUT2D eigenvalue weighted by molar-refractivity contribution is 7.92. The highest BCUT2D eigenvalue weighted by atomic mass is 32.2. The Kier molecular flexibility index (Phi) is 5.22. The summed E-state index contributed by atoms with van der Waals surface area (Å²) in [5, 5.41) is 8.93. The van der Waals surface area contributed by atoms with E-state index in [1.165, 1.54) is 9.71 Å². The van der Waals surface area contributed by atoms with E-state index in [1.54, 1.807) is 24.4 Å². The van der Waals surface area contributed by atoms with Gasteiger partial charge in [0.25, 0.3) is 0 Å². The number of benzene rings is 1. The fraction of sp³-hybridized carbons (Fsp3) is 0.294. The summed E-state index contributed by atoms with van der Waals surface area (Å²) in [5.41, 5.74) is 0.863. The molecule has 3 rings (SSSR count). The molecule has 2 heterocycles. The minimum Gasteiger partial charge on any atom is -0.473 e. The molecule has 2 aromatic rings. The third-order valence-corrected chi connectivity index (χ3v) is 5.39. The van der Waals surface area contributed by atoms with Crippen LogP contribution in [0.2, 0.25) is 0 Å². The highest BCUT2D eigenvalue weighted by Gasteiger charge is 2.27. The van der Waals surface area contributed by atoms with Crippen molar-refractivity contribution in [3.8, 4) is 5.88 Å². The predicted molar refractivity (Wildman–Crippen MR) is 91.7 cm³/mol. The van der Waals surface area contributed by atoms with Crippen LogP contribution in [0.25, 0.3) is 6.08 Å². The highest BCUT2D eigenvalue weighted by Crippen LogP contribution is 2.19. The zero-order valence-electron chi connectivity index (χ0n) is 13.2. The summed E-state index contributed by atoms with van der Waals surface area (Å²) in [4.78, 5) is 0. The number of piperidine rings is 1. The number of ether oxygens (including phenoxy) is 1. The van der Waals surface area contributed by atoms with Gasteiger partial charge in [-0.1, -0.05) is 30.3 Å². The Morgan fingerprint density at radius 3 is 2.50 bits per heavy atom. The van der Waals surface area contributed by atoms with E-state index in [4.69, 9.17) is 4.74 Å². The maximum absolute atomic E-state index is 12.4. The maximum atomic E-state index is 12.4. The number of aromatic nitrogens is 2. The van der Waals surface area contributed by atoms with Gasteiger partial charge in [0.1, 0.15) is 6.10 Å². The average molecular weight is 345 g/mol. The summed E-state index contributed by atoms with van der Waals surface area (Å²) >= 11 is 0. The molecule has 1 fully saturated rings. The molecule has 24 heavy (non-hydrogen) atoms. The number of hydrogen-bond donors (Lipinski definition) is 0. The van der Waals surface area contributed by atoms with E-state index in [0.717, 1.165) is 5.56 Å². The van der Waals surface area contributed by atoms with E-state index in [2.05, 4.69) is 10.2 Å². The predicted octanol–water partition coefficient (Wildman–Crippen LogP) is 2.32. The molecule has 0 N–H and O–H groups in total. The van der Waals surface area contributed by atoms with E-state index >= 15 is 0 Å². The smallest absolute Gasteiger partial charge is 0.236 e. The molecule has 6 nitrogen and oxygen atoms in total. The number of rotatable bonds is 5. The Morgan fingerprint density at radius 2 is 1.83 bits per heavy atom. The lowest BCUT2D eigenvalue weighted by atomic mass is 10.1. The van der Waals surface area contributed by atoms with Crippen LogP contribution in [-0.2, 0) is 10.0 Å². The standard InChI is InChI=1S/C17H19N3O3S/c21-24(22,14-10-15-5-2-1-3-6-15)20-12-8-16(9-13-20)23-17-7-4-11-18-19-17/h1-7,10-11,14,16H,8-9,12-13H2/b14-10+. The zero-order valence-corrected chi connectivity index (χ0v) is 14.0. The van der Waals surface area contributed by atoms with E-state index in [9.17, 15) is 8.42 Å². The third-order valence-electron chi connectivity index (χ3n) is 3.83. The monoisotopic (exact) mass is 345 g/mol. The van der Waals surface area contributed by atoms with Gasteiger partial charge in [-0.2, -0.15) is 9.40 Å². The third kappa shape index (κ3) is 4.39. The molecular weight excluding hydrogens is 326 g/mol. The van der Waals surface area contributed by atoms with Gasteiger partial charge in [-0.05, 0) is 30.5 Å². The van der Waals surface area contributed by atoms with Crippen molar-refractivity contribution < 1.29 is 13.2 Å². The van der Waals surface area contributed by atoms with Gasteiger partial charge in [-0.15, -0.1) is 5.10 Å². The zero-order chi connectivity index (χ0) is 16.8. The lowest BCUT2D eigenvalue weighted by molar-refractivity contribution is 0.129. The second-order valence-corrected chi connectivity index (χ2v) is 7.36. The molecule has 1 aromatic carbocycles. The molecule has 0 amide bonds. The van der Waals surface area contributed by atoms with Crippen LogP contribution in [0.4, 0.5) is 0 Å². The van der Waals surface area contributed by atoms with Crippen molar-refractivity contribution >= 4 is 16.1 Å². The molecule has 0 saturated carbocycles. The summed E-state index contributed by atoms with van der Waals surface area (Å²) < 4.78 is 32.0. The number of sulfonamides is 1. The molecule has 126 valence electrons. The van der Waals surface area contributed by atoms with Crippen LogP contribution in [0.5, 0.6) is 5.88 Å². The lowest BCUT2D eigenvalue weighted by Gasteiger charge is -2.30. The Balaban J connectivity index is 1.56. The first-order valence-corrected chi connectivity index (χ1v) is 9.31. The van der Waals surface area contributed by atoms with Crippen LogP contribution in [0.15, 0.2) is 54.1 Å². The van der Waals surface area contributed by atoms with E-state index < -0.39 is 10.0 Å². The fourth-order valence-electron chi connectivity index (χ4n) is 2.54. The largest absolute Gasteiger partial charge is 0.473 e. The molecule has 0 unspecified atom stereocenters. The van der Waals surface area contributed by atoms with E-state index in [-0.39, 0.29) is 6.10 Å². The Labute approximate surface area is 141 Å². The van der Waals surface area contributed by atoms with Gasteiger partial charge in [0.15, 0.2) is 0 Å². The van der Waals surface area contributed by atoms with Crippen molar-refractivity contribution in [2.24, 2.45) is 0 Å². The Bertz CT molecular complexity index is 771. The minimum atomic E-state index is -3.41. The Morgan fingerprint density at radius 1 is 1.08 bits per heavy atom. The normalized spacial score (nSPS) is 17.2. The molecule has 7 heteroatoms. The van der Waals surface area contributed by atoms with Gasteiger partial charge in [0.05, 0.1) is 0 Å². The molecule has 0 atom stereocenters. The average Bonchev–Trinajstić information content (AvgIpc) is 2.62. The molecule has 0 radical (unpaired) electrons. The Hall–Kier alpha value is -2.25. The molecule has 1 saturated heterocycles. The topological polar surface area (TPSA) is 72.4 Å². The molecule has 1 aromatic heterocycles. The molecule has 1 aliphatic rings. The van der Waals surface area contributed by atoms with Crippen LogP contribution >= 0.6 is 0 Å². The van der Waals surface area contributed by atoms with Crippen molar-refractivity contribution in [2.75, 3.05) is 13.1 Å². The first-order chi connectivity index (χ1) is 11.6. The lowest BCUT2D eigenvalue weighted by Crippen LogP contribution is -2.41.